The van der Waals surface area contributed by atoms with Crippen molar-refractivity contribution >= 4 is 46.1 Å². The molecule has 0 radical (unpaired) electrons. The molecule has 6 heteroatoms. The number of anilines is 1. The Bertz CT molecular complexity index is 741. The van der Waals surface area contributed by atoms with Gasteiger partial charge in [0.2, 0.25) is 0 Å². The molecule has 1 aliphatic heterocycles. The minimum absolute atomic E-state index is 0.250. The lowest BCUT2D eigenvalue weighted by Gasteiger charge is -2.34. The molecule has 1 heterocycles. The summed E-state index contributed by atoms with van der Waals surface area (Å²) in [4.78, 5) is 9.37. The van der Waals surface area contributed by atoms with Crippen LogP contribution in [0.2, 0.25) is 0 Å². The third kappa shape index (κ3) is 4.18. The van der Waals surface area contributed by atoms with E-state index in [1.807, 2.05) is 24.3 Å². The second kappa shape index (κ2) is 7.68. The van der Waals surface area contributed by atoms with Gasteiger partial charge in [-0.2, -0.15) is 0 Å². The molecule has 0 aromatic heterocycles. The summed E-state index contributed by atoms with van der Waals surface area (Å²) in [5.41, 5.74) is 2.10. The van der Waals surface area contributed by atoms with Gasteiger partial charge in [-0.15, -0.1) is 12.6 Å². The van der Waals surface area contributed by atoms with Crippen LogP contribution < -0.4 is 4.90 Å². The first-order valence-electron chi connectivity index (χ1n) is 7.78. The predicted octanol–water partition coefficient (Wildman–Crippen LogP) is 4.38. The summed E-state index contributed by atoms with van der Waals surface area (Å²) in [5, 5.41) is 0. The van der Waals surface area contributed by atoms with Gasteiger partial charge in [0.05, 0.1) is 11.4 Å². The highest BCUT2D eigenvalue weighted by atomic mass is 79.9. The first kappa shape index (κ1) is 17.5. The summed E-state index contributed by atoms with van der Waals surface area (Å²) < 4.78 is 15.5. The molecule has 1 aliphatic rings. The molecule has 0 saturated carbocycles. The molecule has 1 fully saturated rings. The molecule has 0 bridgehead atoms. The molecule has 0 aliphatic carbocycles. The Morgan fingerprint density at radius 2 is 1.79 bits per heavy atom. The summed E-state index contributed by atoms with van der Waals surface area (Å²) >= 11 is 7.89. The van der Waals surface area contributed by atoms with Gasteiger partial charge in [0.1, 0.15) is 5.82 Å². The van der Waals surface area contributed by atoms with Crippen molar-refractivity contribution in [3.05, 3.63) is 52.3 Å². The molecule has 24 heavy (non-hydrogen) atoms. The number of likely N-dealkylation sites (N-methyl/N-ethyl adjacent to an activating group) is 1. The fourth-order valence-electron chi connectivity index (χ4n) is 2.63. The first-order chi connectivity index (χ1) is 11.5. The van der Waals surface area contributed by atoms with Crippen LogP contribution in [0.3, 0.4) is 0 Å². The zero-order valence-electron chi connectivity index (χ0n) is 13.4. The molecule has 0 N–H and O–H groups in total. The second-order valence-electron chi connectivity index (χ2n) is 5.89. The van der Waals surface area contributed by atoms with Crippen LogP contribution in [0.1, 0.15) is 5.56 Å². The van der Waals surface area contributed by atoms with Gasteiger partial charge in [-0.25, -0.2) is 4.39 Å². The molecule has 3 rings (SSSR count). The highest BCUT2D eigenvalue weighted by molar-refractivity contribution is 9.10. The van der Waals surface area contributed by atoms with Crippen molar-refractivity contribution in [1.82, 2.24) is 4.90 Å². The number of hydrogen-bond donors (Lipinski definition) is 1. The van der Waals surface area contributed by atoms with Crippen molar-refractivity contribution in [3.63, 3.8) is 0 Å². The van der Waals surface area contributed by atoms with Crippen molar-refractivity contribution in [3.8, 4) is 0 Å². The van der Waals surface area contributed by atoms with Crippen molar-refractivity contribution in [2.75, 3.05) is 38.1 Å². The maximum atomic E-state index is 14.5. The van der Waals surface area contributed by atoms with Crippen LogP contribution in [0.25, 0.3) is 0 Å². The average molecular weight is 408 g/mol. The molecule has 0 atom stereocenters. The van der Waals surface area contributed by atoms with Crippen LogP contribution in [-0.4, -0.2) is 44.3 Å². The summed E-state index contributed by atoms with van der Waals surface area (Å²) in [5.74, 6) is -0.250. The lowest BCUT2D eigenvalue weighted by atomic mass is 10.2. The third-order valence-corrected chi connectivity index (χ3v) is 5.00. The fourth-order valence-corrected chi connectivity index (χ4v) is 3.14. The number of aliphatic imine (C=N–C) groups is 1. The van der Waals surface area contributed by atoms with Crippen LogP contribution >= 0.6 is 28.6 Å². The maximum Gasteiger partial charge on any atom is 0.148 e. The SMILES string of the molecule is CN1CCN(c2cc(S)c(N=Cc3ccc(Br)cc3)cc2F)CC1. The van der Waals surface area contributed by atoms with Gasteiger partial charge in [-0.1, -0.05) is 28.1 Å². The Hall–Kier alpha value is -1.37. The van der Waals surface area contributed by atoms with Gasteiger partial charge < -0.3 is 9.80 Å². The Labute approximate surface area is 155 Å². The first-order valence-corrected chi connectivity index (χ1v) is 9.02. The minimum Gasteiger partial charge on any atom is -0.367 e. The van der Waals surface area contributed by atoms with E-state index in [4.69, 9.17) is 0 Å². The number of benzene rings is 2. The molecule has 3 nitrogen and oxygen atoms in total. The Balaban J connectivity index is 1.80. The zero-order valence-corrected chi connectivity index (χ0v) is 15.9. The van der Waals surface area contributed by atoms with E-state index in [0.717, 1.165) is 36.2 Å². The largest absolute Gasteiger partial charge is 0.367 e. The number of piperazine rings is 1. The van der Waals surface area contributed by atoms with Crippen LogP contribution in [0.4, 0.5) is 15.8 Å². The summed E-state index contributed by atoms with van der Waals surface area (Å²) in [7, 11) is 2.08. The Kier molecular flexibility index (Phi) is 5.58. The normalized spacial score (nSPS) is 16.1. The Morgan fingerprint density at radius 3 is 2.46 bits per heavy atom. The van der Waals surface area contributed by atoms with Crippen LogP contribution in [0.15, 0.2) is 50.8 Å². The zero-order chi connectivity index (χ0) is 17.1. The molecule has 0 spiro atoms. The van der Waals surface area contributed by atoms with Gasteiger partial charge in [0.25, 0.3) is 0 Å². The van der Waals surface area contributed by atoms with Crippen LogP contribution in [-0.2, 0) is 0 Å². The quantitative estimate of drug-likeness (QED) is 0.601. The van der Waals surface area contributed by atoms with E-state index in [0.29, 0.717) is 16.3 Å². The van der Waals surface area contributed by atoms with E-state index in [1.165, 1.54) is 6.07 Å². The second-order valence-corrected chi connectivity index (χ2v) is 7.29. The molecular formula is C18H19BrFN3S. The van der Waals surface area contributed by atoms with Crippen molar-refractivity contribution < 1.29 is 4.39 Å². The van der Waals surface area contributed by atoms with E-state index in [-0.39, 0.29) is 5.82 Å². The predicted molar refractivity (Wildman–Crippen MR) is 105 cm³/mol. The van der Waals surface area contributed by atoms with Crippen molar-refractivity contribution in [2.24, 2.45) is 4.99 Å². The summed E-state index contributed by atoms with van der Waals surface area (Å²) in [6, 6.07) is 11.0. The van der Waals surface area contributed by atoms with E-state index in [2.05, 4.69) is 50.4 Å². The van der Waals surface area contributed by atoms with E-state index >= 15 is 0 Å². The number of hydrogen-bond acceptors (Lipinski definition) is 4. The number of nitrogens with zero attached hydrogens (tertiary/aromatic N) is 3. The standard InChI is InChI=1S/C18H19BrFN3S/c1-22-6-8-23(9-7-22)17-11-18(24)16(10-15(17)20)21-12-13-2-4-14(19)5-3-13/h2-5,10-12,24H,6-9H2,1H3. The van der Waals surface area contributed by atoms with Crippen molar-refractivity contribution in [2.45, 2.75) is 4.90 Å². The third-order valence-electron chi connectivity index (χ3n) is 4.11. The topological polar surface area (TPSA) is 18.8 Å². The van der Waals surface area contributed by atoms with Gasteiger partial charge in [-0.3, -0.25) is 4.99 Å². The number of halogens is 2. The number of rotatable bonds is 3. The van der Waals surface area contributed by atoms with Gasteiger partial charge >= 0.3 is 0 Å². The molecule has 0 amide bonds. The molecule has 126 valence electrons. The Morgan fingerprint density at radius 1 is 1.12 bits per heavy atom. The molecule has 1 saturated heterocycles. The van der Waals surface area contributed by atoms with Gasteiger partial charge in [0.15, 0.2) is 0 Å². The van der Waals surface area contributed by atoms with Gasteiger partial charge in [0, 0.05) is 47.8 Å². The fraction of sp³-hybridized carbons (Fsp3) is 0.278. The smallest absolute Gasteiger partial charge is 0.148 e. The highest BCUT2D eigenvalue weighted by Crippen LogP contribution is 2.32. The average Bonchev–Trinajstić information content (AvgIpc) is 2.57. The van der Waals surface area contributed by atoms with Crippen molar-refractivity contribution in [1.29, 1.82) is 0 Å². The highest BCUT2D eigenvalue weighted by Gasteiger charge is 2.18. The molecule has 0 unspecified atom stereocenters. The molecule has 2 aromatic rings. The van der Waals surface area contributed by atoms with Crippen LogP contribution in [0, 0.1) is 5.82 Å². The molecule has 2 aromatic carbocycles. The maximum absolute atomic E-state index is 14.5. The lowest BCUT2D eigenvalue weighted by Crippen LogP contribution is -2.44. The number of thiol groups is 1. The molecular weight excluding hydrogens is 389 g/mol. The van der Waals surface area contributed by atoms with Gasteiger partial charge in [-0.05, 0) is 30.8 Å². The van der Waals surface area contributed by atoms with E-state index < -0.39 is 0 Å². The monoisotopic (exact) mass is 407 g/mol. The minimum atomic E-state index is -0.250. The van der Waals surface area contributed by atoms with E-state index in [9.17, 15) is 4.39 Å². The summed E-state index contributed by atoms with van der Waals surface area (Å²) in [6.07, 6.45) is 1.72. The van der Waals surface area contributed by atoms with Crippen LogP contribution in [0.5, 0.6) is 0 Å². The van der Waals surface area contributed by atoms with E-state index in [1.54, 1.807) is 12.3 Å². The lowest BCUT2D eigenvalue weighted by molar-refractivity contribution is 0.311. The summed E-state index contributed by atoms with van der Waals surface area (Å²) in [6.45, 7) is 3.51.